The third-order valence-electron chi connectivity index (χ3n) is 5.24. The molecule has 0 radical (unpaired) electrons. The van der Waals surface area contributed by atoms with E-state index < -0.39 is 0 Å². The summed E-state index contributed by atoms with van der Waals surface area (Å²) in [4.78, 5) is 1.32. The Balaban J connectivity index is 1.60. The lowest BCUT2D eigenvalue weighted by Gasteiger charge is -2.52. The van der Waals surface area contributed by atoms with Gasteiger partial charge in [0, 0.05) is 22.1 Å². The number of ether oxygens (including phenoxy) is 1. The van der Waals surface area contributed by atoms with Crippen molar-refractivity contribution in [3.8, 4) is 0 Å². The number of morpholine rings is 1. The van der Waals surface area contributed by atoms with Crippen molar-refractivity contribution < 1.29 is 4.74 Å². The highest BCUT2D eigenvalue weighted by molar-refractivity contribution is 9.09. The van der Waals surface area contributed by atoms with Crippen molar-refractivity contribution in [2.24, 2.45) is 5.92 Å². The van der Waals surface area contributed by atoms with E-state index in [9.17, 15) is 0 Å². The van der Waals surface area contributed by atoms with Crippen molar-refractivity contribution in [3.05, 3.63) is 0 Å². The third-order valence-corrected chi connectivity index (χ3v) is 7.21. The summed E-state index contributed by atoms with van der Waals surface area (Å²) in [5.41, 5.74) is 3.68. The summed E-state index contributed by atoms with van der Waals surface area (Å²) in [6, 6.07) is 1.21. The molecule has 4 fully saturated rings. The predicted molar refractivity (Wildman–Crippen MR) is 78.1 cm³/mol. The largest absolute Gasteiger partial charge is 0.372 e. The zero-order valence-corrected chi connectivity index (χ0v) is 13.6. The van der Waals surface area contributed by atoms with Gasteiger partial charge in [-0.3, -0.25) is 5.43 Å². The molecule has 0 bridgehead atoms. The standard InChI is InChI=1S/C13H20Br2N2O/c14-7-1-3-10-12(5-7)18-11-4-2-9(15)8-6-16-17(10)13(8)11/h7-13,16H,1-6H2. The number of rotatable bonds is 0. The highest BCUT2D eigenvalue weighted by Crippen LogP contribution is 2.45. The van der Waals surface area contributed by atoms with E-state index in [4.69, 9.17) is 4.74 Å². The van der Waals surface area contributed by atoms with Crippen LogP contribution in [0.15, 0.2) is 0 Å². The van der Waals surface area contributed by atoms with Gasteiger partial charge in [-0.15, -0.1) is 0 Å². The fraction of sp³-hybridized carbons (Fsp3) is 1.00. The maximum Gasteiger partial charge on any atom is 0.0759 e. The van der Waals surface area contributed by atoms with Crippen molar-refractivity contribution in [2.75, 3.05) is 6.54 Å². The number of halogens is 2. The molecule has 2 saturated carbocycles. The fourth-order valence-electron chi connectivity index (χ4n) is 4.39. The molecule has 0 amide bonds. The van der Waals surface area contributed by atoms with E-state index >= 15 is 0 Å². The van der Waals surface area contributed by atoms with Crippen LogP contribution in [0.5, 0.6) is 0 Å². The van der Waals surface area contributed by atoms with Crippen LogP contribution in [0.2, 0.25) is 0 Å². The molecule has 0 spiro atoms. The highest BCUT2D eigenvalue weighted by Gasteiger charge is 2.54. The second kappa shape index (κ2) is 4.69. The lowest BCUT2D eigenvalue weighted by Crippen LogP contribution is -2.64. The van der Waals surface area contributed by atoms with E-state index in [1.807, 2.05) is 0 Å². The van der Waals surface area contributed by atoms with Gasteiger partial charge < -0.3 is 4.74 Å². The van der Waals surface area contributed by atoms with Gasteiger partial charge >= 0.3 is 0 Å². The highest BCUT2D eigenvalue weighted by atomic mass is 79.9. The van der Waals surface area contributed by atoms with Gasteiger partial charge in [-0.2, -0.15) is 0 Å². The minimum absolute atomic E-state index is 0.433. The third kappa shape index (κ3) is 1.85. The van der Waals surface area contributed by atoms with Crippen molar-refractivity contribution >= 4 is 31.9 Å². The number of nitrogens with zero attached hydrogens (tertiary/aromatic N) is 1. The number of nitrogens with one attached hydrogen (secondary N) is 1. The molecule has 7 atom stereocenters. The van der Waals surface area contributed by atoms with Gasteiger partial charge in [-0.25, -0.2) is 5.01 Å². The molecule has 4 aliphatic rings. The van der Waals surface area contributed by atoms with Crippen LogP contribution in [0.3, 0.4) is 0 Å². The van der Waals surface area contributed by atoms with Crippen molar-refractivity contribution in [1.82, 2.24) is 10.4 Å². The Hall–Kier alpha value is 0.840. The molecule has 102 valence electrons. The van der Waals surface area contributed by atoms with Crippen LogP contribution in [0.4, 0.5) is 0 Å². The van der Waals surface area contributed by atoms with Crippen LogP contribution < -0.4 is 5.43 Å². The molecule has 0 aromatic heterocycles. The minimum atomic E-state index is 0.433. The second-order valence-corrected chi connectivity index (χ2v) is 8.68. The van der Waals surface area contributed by atoms with E-state index in [0.717, 1.165) is 12.5 Å². The van der Waals surface area contributed by atoms with Gasteiger partial charge in [0.15, 0.2) is 0 Å². The molecule has 2 saturated heterocycles. The summed E-state index contributed by atoms with van der Waals surface area (Å²) >= 11 is 7.65. The van der Waals surface area contributed by atoms with Crippen molar-refractivity contribution in [3.63, 3.8) is 0 Å². The van der Waals surface area contributed by atoms with E-state index in [0.29, 0.717) is 33.9 Å². The summed E-state index contributed by atoms with van der Waals surface area (Å²) in [5, 5.41) is 2.58. The molecule has 7 unspecified atom stereocenters. The maximum absolute atomic E-state index is 6.46. The number of hydrazine groups is 1. The van der Waals surface area contributed by atoms with Crippen molar-refractivity contribution in [2.45, 2.75) is 66.1 Å². The first-order chi connectivity index (χ1) is 8.74. The van der Waals surface area contributed by atoms with E-state index in [-0.39, 0.29) is 0 Å². The smallest absolute Gasteiger partial charge is 0.0759 e. The van der Waals surface area contributed by atoms with Crippen LogP contribution >= 0.6 is 31.9 Å². The summed E-state index contributed by atoms with van der Waals surface area (Å²) < 4.78 is 6.46. The summed E-state index contributed by atoms with van der Waals surface area (Å²) in [6.45, 7) is 1.13. The van der Waals surface area contributed by atoms with E-state index in [2.05, 4.69) is 42.3 Å². The number of hydrogen-bond acceptors (Lipinski definition) is 3. The molecule has 2 heterocycles. The lowest BCUT2D eigenvalue weighted by molar-refractivity contribution is -0.178. The predicted octanol–water partition coefficient (Wildman–Crippen LogP) is 2.43. The lowest BCUT2D eigenvalue weighted by atomic mass is 9.79. The average molecular weight is 380 g/mol. The van der Waals surface area contributed by atoms with E-state index in [1.54, 1.807) is 0 Å². The monoisotopic (exact) mass is 378 g/mol. The van der Waals surface area contributed by atoms with Crippen LogP contribution in [0.1, 0.15) is 32.1 Å². The number of alkyl halides is 2. The first kappa shape index (κ1) is 12.6. The summed E-state index contributed by atoms with van der Waals surface area (Å²) in [5.74, 6) is 0.728. The van der Waals surface area contributed by atoms with Gasteiger partial charge in [0.25, 0.3) is 0 Å². The van der Waals surface area contributed by atoms with Crippen LogP contribution in [-0.2, 0) is 4.74 Å². The topological polar surface area (TPSA) is 24.5 Å². The Morgan fingerprint density at radius 3 is 2.83 bits per heavy atom. The molecular formula is C13H20Br2N2O. The first-order valence-electron chi connectivity index (χ1n) is 7.19. The van der Waals surface area contributed by atoms with Crippen molar-refractivity contribution in [1.29, 1.82) is 0 Å². The first-order valence-corrected chi connectivity index (χ1v) is 9.02. The number of hydrogen-bond donors (Lipinski definition) is 1. The Kier molecular flexibility index (Phi) is 3.28. The Labute approximate surface area is 125 Å². The molecule has 2 aliphatic heterocycles. The van der Waals surface area contributed by atoms with Gasteiger partial charge in [-0.05, 0) is 32.1 Å². The van der Waals surface area contributed by atoms with Crippen LogP contribution in [0, 0.1) is 5.92 Å². The van der Waals surface area contributed by atoms with Gasteiger partial charge in [0.1, 0.15) is 0 Å². The zero-order valence-electron chi connectivity index (χ0n) is 10.4. The molecule has 4 rings (SSSR count). The normalized spacial score (nSPS) is 56.0. The quantitative estimate of drug-likeness (QED) is 0.654. The molecule has 3 nitrogen and oxygen atoms in total. The fourth-order valence-corrected chi connectivity index (χ4v) is 5.79. The molecule has 2 aliphatic carbocycles. The van der Waals surface area contributed by atoms with Crippen LogP contribution in [-0.4, -0.2) is 45.5 Å². The van der Waals surface area contributed by atoms with Gasteiger partial charge in [0.05, 0.1) is 24.3 Å². The molecule has 1 N–H and O–H groups in total. The number of fused-ring (bicyclic) bond motifs is 2. The zero-order chi connectivity index (χ0) is 12.3. The summed E-state index contributed by atoms with van der Waals surface area (Å²) in [7, 11) is 0. The second-order valence-electron chi connectivity index (χ2n) is 6.21. The van der Waals surface area contributed by atoms with Crippen LogP contribution in [0.25, 0.3) is 0 Å². The molecule has 0 aromatic rings. The van der Waals surface area contributed by atoms with Gasteiger partial charge in [-0.1, -0.05) is 31.9 Å². The minimum Gasteiger partial charge on any atom is -0.372 e. The SMILES string of the molecule is BrC1CCC2C(C1)OC1CCC(Br)C3CNN2C13. The maximum atomic E-state index is 6.46. The molecule has 0 aromatic carbocycles. The molecular weight excluding hydrogens is 360 g/mol. The Morgan fingerprint density at radius 1 is 1.06 bits per heavy atom. The Morgan fingerprint density at radius 2 is 1.94 bits per heavy atom. The molecule has 18 heavy (non-hydrogen) atoms. The van der Waals surface area contributed by atoms with Gasteiger partial charge in [0.2, 0.25) is 0 Å². The molecule has 5 heteroatoms. The summed E-state index contributed by atoms with van der Waals surface area (Å²) in [6.07, 6.45) is 7.08. The van der Waals surface area contributed by atoms with E-state index in [1.165, 1.54) is 32.1 Å². The Bertz CT molecular complexity index is 343. The average Bonchev–Trinajstić information content (AvgIpc) is 2.80.